The molecule has 0 saturated carbocycles. The van der Waals surface area contributed by atoms with Crippen LogP contribution < -0.4 is 15.4 Å². The Balaban J connectivity index is 1.89. The fourth-order valence-corrected chi connectivity index (χ4v) is 2.70. The summed E-state index contributed by atoms with van der Waals surface area (Å²) < 4.78 is 19.5. The van der Waals surface area contributed by atoms with Crippen molar-refractivity contribution in [3.05, 3.63) is 52.8 Å². The van der Waals surface area contributed by atoms with Gasteiger partial charge in [-0.05, 0) is 36.9 Å². The molecule has 2 rings (SSSR count). The topological polar surface area (TPSA) is 70.7 Å². The van der Waals surface area contributed by atoms with E-state index < -0.39 is 11.7 Å². The number of carbonyl (C=O) groups is 2. The quantitative estimate of drug-likeness (QED) is 0.662. The Kier molecular flexibility index (Phi) is 7.75. The highest BCUT2D eigenvalue weighted by Gasteiger charge is 2.15. The highest BCUT2D eigenvalue weighted by atomic mass is 79.9. The van der Waals surface area contributed by atoms with E-state index in [-0.39, 0.29) is 24.7 Å². The summed E-state index contributed by atoms with van der Waals surface area (Å²) in [6, 6.07) is 11.4. The van der Waals surface area contributed by atoms with Crippen LogP contribution in [0.2, 0.25) is 0 Å². The molecule has 0 unspecified atom stereocenters. The summed E-state index contributed by atoms with van der Waals surface area (Å²) in [7, 11) is 1.55. The van der Waals surface area contributed by atoms with Gasteiger partial charge in [0.15, 0.2) is 0 Å². The van der Waals surface area contributed by atoms with E-state index in [0.717, 1.165) is 0 Å². The highest BCUT2D eigenvalue weighted by Crippen LogP contribution is 2.19. The maximum atomic E-state index is 13.8. The van der Waals surface area contributed by atoms with Crippen LogP contribution >= 0.6 is 15.9 Å². The summed E-state index contributed by atoms with van der Waals surface area (Å²) in [6.07, 6.45) is 0. The third kappa shape index (κ3) is 6.65. The van der Waals surface area contributed by atoms with Crippen molar-refractivity contribution < 1.29 is 18.7 Å². The maximum absolute atomic E-state index is 13.8. The highest BCUT2D eigenvalue weighted by molar-refractivity contribution is 9.10. The molecule has 0 atom stereocenters. The van der Waals surface area contributed by atoms with E-state index in [4.69, 9.17) is 4.74 Å². The molecule has 0 saturated heterocycles. The molecule has 144 valence electrons. The molecule has 0 aromatic heterocycles. The van der Waals surface area contributed by atoms with E-state index in [1.54, 1.807) is 42.3 Å². The molecule has 0 aliphatic carbocycles. The van der Waals surface area contributed by atoms with Crippen LogP contribution in [0.5, 0.6) is 5.75 Å². The van der Waals surface area contributed by atoms with Crippen molar-refractivity contribution in [1.29, 1.82) is 0 Å². The number of amides is 2. The zero-order valence-corrected chi connectivity index (χ0v) is 16.7. The van der Waals surface area contributed by atoms with E-state index in [9.17, 15) is 14.0 Å². The third-order valence-electron chi connectivity index (χ3n) is 3.74. The molecule has 0 fully saturated rings. The zero-order chi connectivity index (χ0) is 19.8. The monoisotopic (exact) mass is 437 g/mol. The summed E-state index contributed by atoms with van der Waals surface area (Å²) in [5.74, 6) is -0.549. The second-order valence-corrected chi connectivity index (χ2v) is 6.67. The molecule has 2 aromatic carbocycles. The average molecular weight is 438 g/mol. The molecule has 27 heavy (non-hydrogen) atoms. The Morgan fingerprint density at radius 2 is 1.81 bits per heavy atom. The second kappa shape index (κ2) is 10.0. The second-order valence-electron chi connectivity index (χ2n) is 5.76. The molecular weight excluding hydrogens is 417 g/mol. The summed E-state index contributed by atoms with van der Waals surface area (Å²) in [6.45, 7) is 2.33. The Labute approximate surface area is 165 Å². The number of nitrogens with zero attached hydrogens (tertiary/aromatic N) is 1. The Morgan fingerprint density at radius 1 is 1.11 bits per heavy atom. The van der Waals surface area contributed by atoms with Gasteiger partial charge in [0.2, 0.25) is 11.8 Å². The van der Waals surface area contributed by atoms with E-state index in [2.05, 4.69) is 26.6 Å². The number of ether oxygens (including phenoxy) is 1. The minimum atomic E-state index is -0.531. The third-order valence-corrected chi connectivity index (χ3v) is 4.23. The van der Waals surface area contributed by atoms with Crippen LogP contribution in [0, 0.1) is 5.82 Å². The van der Waals surface area contributed by atoms with Crippen LogP contribution in [0.3, 0.4) is 0 Å². The minimum absolute atomic E-state index is 0.0302. The molecule has 8 heteroatoms. The van der Waals surface area contributed by atoms with Crippen molar-refractivity contribution in [2.45, 2.75) is 6.92 Å². The first-order chi connectivity index (χ1) is 12.9. The lowest BCUT2D eigenvalue weighted by Gasteiger charge is -2.19. The maximum Gasteiger partial charge on any atom is 0.238 e. The number of carbonyl (C=O) groups excluding carboxylic acids is 2. The summed E-state index contributed by atoms with van der Waals surface area (Å²) >= 11 is 3.16. The minimum Gasteiger partial charge on any atom is -0.497 e. The standard InChI is InChI=1S/C19H21BrFN3O3/c1-3-24(11-18(25)22-14-5-4-6-15(10-14)27-2)12-19(26)23-17-8-7-13(20)9-16(17)21/h4-10H,3,11-12H2,1-2H3,(H,22,25)(H,23,26). The predicted molar refractivity (Wildman–Crippen MR) is 106 cm³/mol. The van der Waals surface area contributed by atoms with Crippen molar-refractivity contribution in [1.82, 2.24) is 4.90 Å². The van der Waals surface area contributed by atoms with Gasteiger partial charge in [-0.3, -0.25) is 14.5 Å². The van der Waals surface area contributed by atoms with Gasteiger partial charge in [-0.15, -0.1) is 0 Å². The van der Waals surface area contributed by atoms with Crippen molar-refractivity contribution in [3.8, 4) is 5.75 Å². The van der Waals surface area contributed by atoms with Crippen molar-refractivity contribution in [3.63, 3.8) is 0 Å². The van der Waals surface area contributed by atoms with E-state index in [1.165, 1.54) is 12.1 Å². The van der Waals surface area contributed by atoms with E-state index in [1.807, 2.05) is 6.92 Å². The molecule has 0 aliphatic rings. The van der Waals surface area contributed by atoms with Gasteiger partial charge in [-0.1, -0.05) is 28.9 Å². The Hall–Kier alpha value is -2.45. The molecular formula is C19H21BrFN3O3. The number of halogens is 2. The molecule has 0 aliphatic heterocycles. The number of rotatable bonds is 8. The van der Waals surface area contributed by atoms with Crippen molar-refractivity contribution >= 4 is 39.1 Å². The molecule has 0 radical (unpaired) electrons. The number of methoxy groups -OCH3 is 1. The molecule has 6 nitrogen and oxygen atoms in total. The first kappa shape index (κ1) is 20.9. The number of likely N-dealkylation sites (N-methyl/N-ethyl adjacent to an activating group) is 1. The first-order valence-electron chi connectivity index (χ1n) is 8.32. The number of benzene rings is 2. The normalized spacial score (nSPS) is 10.6. The predicted octanol–water partition coefficient (Wildman–Crippen LogP) is 3.50. The van der Waals surface area contributed by atoms with Crippen LogP contribution in [-0.2, 0) is 9.59 Å². The molecule has 0 spiro atoms. The lowest BCUT2D eigenvalue weighted by molar-refractivity contribution is -0.119. The van der Waals surface area contributed by atoms with Crippen LogP contribution in [0.25, 0.3) is 0 Å². The average Bonchev–Trinajstić information content (AvgIpc) is 2.63. The summed E-state index contributed by atoms with van der Waals surface area (Å²) in [5.41, 5.74) is 0.705. The van der Waals surface area contributed by atoms with Crippen molar-refractivity contribution in [2.24, 2.45) is 0 Å². The molecule has 2 aromatic rings. The van der Waals surface area contributed by atoms with Crippen LogP contribution in [0.4, 0.5) is 15.8 Å². The lowest BCUT2D eigenvalue weighted by Crippen LogP contribution is -2.38. The molecule has 0 heterocycles. The van der Waals surface area contributed by atoms with E-state index >= 15 is 0 Å². The fourth-order valence-electron chi connectivity index (χ4n) is 2.37. The molecule has 2 amide bonds. The van der Waals surface area contributed by atoms with Crippen molar-refractivity contribution in [2.75, 3.05) is 37.4 Å². The van der Waals surface area contributed by atoms with Gasteiger partial charge in [0.05, 0.1) is 25.9 Å². The first-order valence-corrected chi connectivity index (χ1v) is 9.11. The number of nitrogens with one attached hydrogen (secondary N) is 2. The molecule has 0 bridgehead atoms. The SMILES string of the molecule is CCN(CC(=O)Nc1cccc(OC)c1)CC(=O)Nc1ccc(Br)cc1F. The van der Waals surface area contributed by atoms with Gasteiger partial charge >= 0.3 is 0 Å². The number of anilines is 2. The van der Waals surface area contributed by atoms with Crippen LogP contribution in [-0.4, -0.2) is 43.5 Å². The Bertz CT molecular complexity index is 817. The Morgan fingerprint density at radius 3 is 2.44 bits per heavy atom. The smallest absolute Gasteiger partial charge is 0.238 e. The zero-order valence-electron chi connectivity index (χ0n) is 15.1. The fraction of sp³-hybridized carbons (Fsp3) is 0.263. The van der Waals surface area contributed by atoms with Crippen LogP contribution in [0.15, 0.2) is 46.9 Å². The van der Waals surface area contributed by atoms with Crippen LogP contribution in [0.1, 0.15) is 6.92 Å². The van der Waals surface area contributed by atoms with Gasteiger partial charge < -0.3 is 15.4 Å². The van der Waals surface area contributed by atoms with Gasteiger partial charge in [0.1, 0.15) is 11.6 Å². The number of hydrogen-bond acceptors (Lipinski definition) is 4. The van der Waals surface area contributed by atoms with Gasteiger partial charge in [0, 0.05) is 16.2 Å². The summed E-state index contributed by atoms with van der Waals surface area (Å²) in [5, 5.41) is 5.28. The number of hydrogen-bond donors (Lipinski definition) is 2. The lowest BCUT2D eigenvalue weighted by atomic mass is 10.3. The van der Waals surface area contributed by atoms with Gasteiger partial charge in [0.25, 0.3) is 0 Å². The van der Waals surface area contributed by atoms with Gasteiger partial charge in [-0.2, -0.15) is 0 Å². The largest absolute Gasteiger partial charge is 0.497 e. The molecule has 2 N–H and O–H groups in total. The van der Waals surface area contributed by atoms with Gasteiger partial charge in [-0.25, -0.2) is 4.39 Å². The summed E-state index contributed by atoms with van der Waals surface area (Å²) in [4.78, 5) is 26.0. The van der Waals surface area contributed by atoms with E-state index in [0.29, 0.717) is 22.5 Å².